The van der Waals surface area contributed by atoms with E-state index in [-0.39, 0.29) is 5.91 Å². The molecular formula is C11H12N2OS. The van der Waals surface area contributed by atoms with E-state index < -0.39 is 5.54 Å². The Morgan fingerprint density at radius 2 is 2.00 bits per heavy atom. The van der Waals surface area contributed by atoms with Crippen molar-refractivity contribution in [1.82, 2.24) is 10.6 Å². The molecule has 4 heteroatoms. The van der Waals surface area contributed by atoms with Crippen LogP contribution in [0, 0.1) is 0 Å². The molecule has 1 heterocycles. The molecule has 2 N–H and O–H groups in total. The summed E-state index contributed by atoms with van der Waals surface area (Å²) in [5.41, 5.74) is 0.505. The van der Waals surface area contributed by atoms with Crippen LogP contribution in [0.15, 0.2) is 30.3 Å². The van der Waals surface area contributed by atoms with Crippen LogP contribution in [0.3, 0.4) is 0 Å². The monoisotopic (exact) mass is 220 g/mol. The SMILES string of the molecule is C[C@@]1(Cc2ccccc2)NC(=S)NC1=O. The van der Waals surface area contributed by atoms with Crippen LogP contribution in [0.5, 0.6) is 0 Å². The Balaban J connectivity index is 2.18. The molecule has 1 aliphatic rings. The highest BCUT2D eigenvalue weighted by Crippen LogP contribution is 2.16. The van der Waals surface area contributed by atoms with Crippen LogP contribution in [-0.2, 0) is 11.2 Å². The van der Waals surface area contributed by atoms with Gasteiger partial charge >= 0.3 is 0 Å². The molecule has 0 unspecified atom stereocenters. The number of carbonyl (C=O) groups is 1. The van der Waals surface area contributed by atoms with Crippen molar-refractivity contribution in [2.45, 2.75) is 18.9 Å². The second-order valence-electron chi connectivity index (χ2n) is 3.90. The zero-order valence-electron chi connectivity index (χ0n) is 8.41. The normalized spacial score (nSPS) is 24.9. The Kier molecular flexibility index (Phi) is 2.44. The minimum atomic E-state index is -0.613. The minimum absolute atomic E-state index is 0.0589. The molecule has 0 spiro atoms. The lowest BCUT2D eigenvalue weighted by Gasteiger charge is -2.20. The summed E-state index contributed by atoms with van der Waals surface area (Å²) < 4.78 is 0. The van der Waals surface area contributed by atoms with Gasteiger partial charge in [0.1, 0.15) is 5.54 Å². The number of benzene rings is 1. The van der Waals surface area contributed by atoms with Crippen LogP contribution in [0.4, 0.5) is 0 Å². The van der Waals surface area contributed by atoms with Gasteiger partial charge in [0.2, 0.25) is 0 Å². The molecule has 1 saturated heterocycles. The molecule has 1 aromatic carbocycles. The van der Waals surface area contributed by atoms with Crippen molar-refractivity contribution < 1.29 is 4.79 Å². The molecule has 15 heavy (non-hydrogen) atoms. The molecular weight excluding hydrogens is 208 g/mol. The number of hydrogen-bond donors (Lipinski definition) is 2. The van der Waals surface area contributed by atoms with Gasteiger partial charge in [0.25, 0.3) is 5.91 Å². The highest BCUT2D eigenvalue weighted by atomic mass is 32.1. The summed E-state index contributed by atoms with van der Waals surface area (Å²) in [7, 11) is 0. The van der Waals surface area contributed by atoms with Gasteiger partial charge in [-0.3, -0.25) is 4.79 Å². The van der Waals surface area contributed by atoms with Gasteiger partial charge in [-0.05, 0) is 24.7 Å². The Morgan fingerprint density at radius 3 is 2.53 bits per heavy atom. The fraction of sp³-hybridized carbons (Fsp3) is 0.273. The molecule has 0 radical (unpaired) electrons. The van der Waals surface area contributed by atoms with Gasteiger partial charge in [0.05, 0.1) is 0 Å². The first-order chi connectivity index (χ1) is 7.10. The maximum atomic E-state index is 11.6. The van der Waals surface area contributed by atoms with Gasteiger partial charge in [-0.1, -0.05) is 30.3 Å². The van der Waals surface area contributed by atoms with Gasteiger partial charge < -0.3 is 10.6 Å². The summed E-state index contributed by atoms with van der Waals surface area (Å²) in [4.78, 5) is 11.6. The average Bonchev–Trinajstić information content (AvgIpc) is 2.41. The standard InChI is InChI=1S/C11H12N2OS/c1-11(9(14)12-10(15)13-11)7-8-5-3-2-4-6-8/h2-6H,7H2,1H3,(H2,12,13,14,15)/t11-/m0/s1. The number of thiocarbonyl (C=S) groups is 1. The molecule has 3 nitrogen and oxygen atoms in total. The zero-order chi connectivity index (χ0) is 10.9. The first kappa shape index (κ1) is 10.1. The third-order valence-corrected chi connectivity index (χ3v) is 2.72. The third-order valence-electron chi connectivity index (χ3n) is 2.52. The summed E-state index contributed by atoms with van der Waals surface area (Å²) in [6, 6.07) is 9.88. The molecule has 0 bridgehead atoms. The van der Waals surface area contributed by atoms with E-state index in [1.165, 1.54) is 0 Å². The van der Waals surface area contributed by atoms with Crippen molar-refractivity contribution in [3.63, 3.8) is 0 Å². The summed E-state index contributed by atoms with van der Waals surface area (Å²) in [6.07, 6.45) is 0.639. The average molecular weight is 220 g/mol. The van der Waals surface area contributed by atoms with Crippen molar-refractivity contribution >= 4 is 23.2 Å². The Labute approximate surface area is 93.9 Å². The lowest BCUT2D eigenvalue weighted by Crippen LogP contribution is -2.45. The molecule has 78 valence electrons. The fourth-order valence-corrected chi connectivity index (χ4v) is 2.03. The maximum absolute atomic E-state index is 11.6. The third kappa shape index (κ3) is 1.99. The lowest BCUT2D eigenvalue weighted by molar-refractivity contribution is -0.123. The minimum Gasteiger partial charge on any atom is -0.348 e. The van der Waals surface area contributed by atoms with Crippen LogP contribution < -0.4 is 10.6 Å². The number of nitrogens with one attached hydrogen (secondary N) is 2. The number of rotatable bonds is 2. The predicted octanol–water partition coefficient (Wildman–Crippen LogP) is 0.992. The zero-order valence-corrected chi connectivity index (χ0v) is 9.23. The maximum Gasteiger partial charge on any atom is 0.251 e. The van der Waals surface area contributed by atoms with Crippen LogP contribution in [0.25, 0.3) is 0 Å². The van der Waals surface area contributed by atoms with E-state index >= 15 is 0 Å². The molecule has 0 saturated carbocycles. The molecule has 1 aliphatic heterocycles. The molecule has 2 rings (SSSR count). The highest BCUT2D eigenvalue weighted by Gasteiger charge is 2.39. The summed E-state index contributed by atoms with van der Waals surface area (Å²) >= 11 is 4.92. The smallest absolute Gasteiger partial charge is 0.251 e. The van der Waals surface area contributed by atoms with Gasteiger partial charge in [-0.25, -0.2) is 0 Å². The van der Waals surface area contributed by atoms with Crippen LogP contribution in [0.2, 0.25) is 0 Å². The predicted molar refractivity (Wildman–Crippen MR) is 62.4 cm³/mol. The van der Waals surface area contributed by atoms with E-state index in [9.17, 15) is 4.79 Å². The van der Waals surface area contributed by atoms with Crippen LogP contribution in [-0.4, -0.2) is 16.6 Å². The first-order valence-corrected chi connectivity index (χ1v) is 5.18. The summed E-state index contributed by atoms with van der Waals surface area (Å²) in [5.74, 6) is -0.0589. The van der Waals surface area contributed by atoms with Crippen LogP contribution in [0.1, 0.15) is 12.5 Å². The Hall–Kier alpha value is -1.42. The lowest BCUT2D eigenvalue weighted by atomic mass is 9.93. The second-order valence-corrected chi connectivity index (χ2v) is 4.31. The van der Waals surface area contributed by atoms with E-state index in [4.69, 9.17) is 12.2 Å². The number of hydrogen-bond acceptors (Lipinski definition) is 2. The van der Waals surface area contributed by atoms with Gasteiger partial charge in [0.15, 0.2) is 5.11 Å². The number of carbonyl (C=O) groups excluding carboxylic acids is 1. The number of amides is 1. The van der Waals surface area contributed by atoms with E-state index in [0.717, 1.165) is 5.56 Å². The van der Waals surface area contributed by atoms with E-state index in [1.54, 1.807) is 0 Å². The molecule has 1 amide bonds. The van der Waals surface area contributed by atoms with E-state index in [0.29, 0.717) is 11.5 Å². The summed E-state index contributed by atoms with van der Waals surface area (Å²) in [6.45, 7) is 1.86. The fourth-order valence-electron chi connectivity index (χ4n) is 1.71. The van der Waals surface area contributed by atoms with Gasteiger partial charge in [-0.2, -0.15) is 0 Å². The van der Waals surface area contributed by atoms with Crippen molar-refractivity contribution in [2.75, 3.05) is 0 Å². The molecule has 1 fully saturated rings. The highest BCUT2D eigenvalue weighted by molar-refractivity contribution is 7.80. The molecule has 0 aromatic heterocycles. The van der Waals surface area contributed by atoms with Crippen molar-refractivity contribution in [1.29, 1.82) is 0 Å². The molecule has 0 aliphatic carbocycles. The van der Waals surface area contributed by atoms with Crippen molar-refractivity contribution in [3.05, 3.63) is 35.9 Å². The van der Waals surface area contributed by atoms with E-state index in [1.807, 2.05) is 37.3 Å². The Morgan fingerprint density at radius 1 is 1.33 bits per heavy atom. The van der Waals surface area contributed by atoms with Gasteiger partial charge in [0, 0.05) is 6.42 Å². The quantitative estimate of drug-likeness (QED) is 0.730. The summed E-state index contributed by atoms with van der Waals surface area (Å²) in [5, 5.41) is 6.02. The molecule has 1 atom stereocenters. The Bertz CT molecular complexity index is 404. The van der Waals surface area contributed by atoms with E-state index in [2.05, 4.69) is 10.6 Å². The van der Waals surface area contributed by atoms with Gasteiger partial charge in [-0.15, -0.1) is 0 Å². The first-order valence-electron chi connectivity index (χ1n) is 4.78. The second kappa shape index (κ2) is 3.62. The van der Waals surface area contributed by atoms with Crippen molar-refractivity contribution in [3.8, 4) is 0 Å². The largest absolute Gasteiger partial charge is 0.348 e. The molecule has 1 aromatic rings. The van der Waals surface area contributed by atoms with Crippen LogP contribution >= 0.6 is 12.2 Å². The van der Waals surface area contributed by atoms with Crippen molar-refractivity contribution in [2.24, 2.45) is 0 Å². The topological polar surface area (TPSA) is 41.1 Å².